The lowest BCUT2D eigenvalue weighted by molar-refractivity contribution is -0.142. The molecule has 1 aromatic heterocycles. The van der Waals surface area contributed by atoms with Gasteiger partial charge >= 0.3 is 5.97 Å². The maximum atomic E-state index is 11.8. The van der Waals surface area contributed by atoms with Crippen LogP contribution < -0.4 is 15.2 Å². The van der Waals surface area contributed by atoms with Crippen molar-refractivity contribution in [1.29, 1.82) is 0 Å². The summed E-state index contributed by atoms with van der Waals surface area (Å²) >= 11 is 0. The van der Waals surface area contributed by atoms with Gasteiger partial charge in [-0.25, -0.2) is 4.98 Å². The van der Waals surface area contributed by atoms with Gasteiger partial charge in [-0.2, -0.15) is 0 Å². The van der Waals surface area contributed by atoms with Crippen LogP contribution >= 0.6 is 0 Å². The quantitative estimate of drug-likeness (QED) is 0.517. The van der Waals surface area contributed by atoms with Crippen molar-refractivity contribution in [3.63, 3.8) is 0 Å². The fourth-order valence-corrected chi connectivity index (χ4v) is 3.53. The first-order valence-corrected chi connectivity index (χ1v) is 9.98. The van der Waals surface area contributed by atoms with Gasteiger partial charge < -0.3 is 29.1 Å². The minimum absolute atomic E-state index is 0.275. The van der Waals surface area contributed by atoms with E-state index in [-0.39, 0.29) is 6.42 Å². The second-order valence-corrected chi connectivity index (χ2v) is 7.03. The molecule has 0 amide bonds. The topological polar surface area (TPSA) is 106 Å². The molecular formula is C23H28N2O6. The van der Waals surface area contributed by atoms with Crippen molar-refractivity contribution < 1.29 is 28.2 Å². The number of carbonyl (C=O) groups excluding carboxylic acids is 1. The minimum Gasteiger partial charge on any atom is -0.496 e. The summed E-state index contributed by atoms with van der Waals surface area (Å²) in [5, 5.41) is 0. The lowest BCUT2D eigenvalue weighted by Gasteiger charge is -2.17. The molecule has 0 aliphatic rings. The highest BCUT2D eigenvalue weighted by molar-refractivity contribution is 5.96. The van der Waals surface area contributed by atoms with E-state index in [4.69, 9.17) is 29.1 Å². The summed E-state index contributed by atoms with van der Waals surface area (Å²) in [4.78, 5) is 16.3. The second kappa shape index (κ2) is 9.80. The molecule has 0 saturated carbocycles. The molecule has 8 nitrogen and oxygen atoms in total. The number of aromatic nitrogens is 1. The van der Waals surface area contributed by atoms with Crippen LogP contribution in [0.3, 0.4) is 0 Å². The predicted molar refractivity (Wildman–Crippen MR) is 116 cm³/mol. The fourth-order valence-electron chi connectivity index (χ4n) is 3.53. The summed E-state index contributed by atoms with van der Waals surface area (Å²) in [6.45, 7) is 4.77. The summed E-state index contributed by atoms with van der Waals surface area (Å²) < 4.78 is 27.6. The van der Waals surface area contributed by atoms with Crippen LogP contribution in [0, 0.1) is 6.92 Å². The third kappa shape index (κ3) is 4.65. The smallest absolute Gasteiger partial charge is 0.322 e. The second-order valence-electron chi connectivity index (χ2n) is 7.03. The number of methoxy groups -OCH3 is 3. The van der Waals surface area contributed by atoms with E-state index in [9.17, 15) is 4.79 Å². The number of carbonyl (C=O) groups is 1. The molecule has 1 atom stereocenters. The Balaban J connectivity index is 2.15. The van der Waals surface area contributed by atoms with Crippen molar-refractivity contribution in [2.45, 2.75) is 32.9 Å². The summed E-state index contributed by atoms with van der Waals surface area (Å²) in [7, 11) is 4.53. The number of nitrogens with two attached hydrogens (primary N) is 1. The highest BCUT2D eigenvalue weighted by atomic mass is 16.5. The first kappa shape index (κ1) is 22.6. The van der Waals surface area contributed by atoms with Crippen molar-refractivity contribution >= 4 is 17.1 Å². The van der Waals surface area contributed by atoms with Crippen LogP contribution in [-0.4, -0.2) is 44.9 Å². The predicted octanol–water partition coefficient (Wildman–Crippen LogP) is 3.40. The molecule has 0 radical (unpaired) electrons. The molecule has 0 spiro atoms. The number of hydrogen-bond donors (Lipinski definition) is 1. The van der Waals surface area contributed by atoms with Gasteiger partial charge in [-0.1, -0.05) is 6.07 Å². The molecule has 2 N–H and O–H groups in total. The van der Waals surface area contributed by atoms with E-state index in [2.05, 4.69) is 4.98 Å². The SMILES string of the molecule is CCOCc1cc(OC)c(-c2ccc(C[C@H](N)C(=O)OC)c3nc(C)oc23)c(OC)c1. The molecule has 0 aliphatic heterocycles. The van der Waals surface area contributed by atoms with Crippen LogP contribution in [0.1, 0.15) is 23.9 Å². The zero-order chi connectivity index (χ0) is 22.5. The number of rotatable bonds is 9. The van der Waals surface area contributed by atoms with Gasteiger partial charge in [0.25, 0.3) is 0 Å². The maximum absolute atomic E-state index is 11.8. The maximum Gasteiger partial charge on any atom is 0.322 e. The van der Waals surface area contributed by atoms with E-state index in [0.29, 0.717) is 41.7 Å². The number of aryl methyl sites for hydroxylation is 1. The molecule has 31 heavy (non-hydrogen) atoms. The van der Waals surface area contributed by atoms with Gasteiger partial charge in [-0.15, -0.1) is 0 Å². The Hall–Kier alpha value is -3.10. The number of esters is 1. The van der Waals surface area contributed by atoms with Crippen LogP contribution in [0.5, 0.6) is 11.5 Å². The highest BCUT2D eigenvalue weighted by Crippen LogP contribution is 2.43. The Bertz CT molecular complexity index is 1050. The molecule has 0 unspecified atom stereocenters. The zero-order valence-corrected chi connectivity index (χ0v) is 18.5. The van der Waals surface area contributed by atoms with Crippen LogP contribution in [0.4, 0.5) is 0 Å². The van der Waals surface area contributed by atoms with Crippen molar-refractivity contribution in [3.05, 3.63) is 41.3 Å². The van der Waals surface area contributed by atoms with Gasteiger partial charge in [-0.05, 0) is 36.2 Å². The normalized spacial score (nSPS) is 12.1. The molecule has 3 aromatic rings. The zero-order valence-electron chi connectivity index (χ0n) is 18.5. The third-order valence-corrected chi connectivity index (χ3v) is 4.99. The summed E-state index contributed by atoms with van der Waals surface area (Å²) in [6.07, 6.45) is 0.275. The number of fused-ring (bicyclic) bond motifs is 1. The van der Waals surface area contributed by atoms with Crippen molar-refractivity contribution in [2.75, 3.05) is 27.9 Å². The van der Waals surface area contributed by atoms with Crippen LogP contribution in [0.2, 0.25) is 0 Å². The minimum atomic E-state index is -0.794. The number of oxazole rings is 1. The van der Waals surface area contributed by atoms with Crippen LogP contribution in [-0.2, 0) is 27.3 Å². The highest BCUT2D eigenvalue weighted by Gasteiger charge is 2.23. The Morgan fingerprint density at radius 2 is 1.84 bits per heavy atom. The molecular weight excluding hydrogens is 400 g/mol. The van der Waals surface area contributed by atoms with Gasteiger partial charge in [0.2, 0.25) is 0 Å². The first-order valence-electron chi connectivity index (χ1n) is 9.98. The molecule has 166 valence electrons. The molecule has 3 rings (SSSR count). The number of benzene rings is 2. The van der Waals surface area contributed by atoms with Crippen molar-refractivity contribution in [2.24, 2.45) is 5.73 Å². The molecule has 0 saturated heterocycles. The molecule has 0 bridgehead atoms. The van der Waals surface area contributed by atoms with E-state index in [1.807, 2.05) is 31.2 Å². The van der Waals surface area contributed by atoms with E-state index in [1.165, 1.54) is 7.11 Å². The Morgan fingerprint density at radius 1 is 1.16 bits per heavy atom. The van der Waals surface area contributed by atoms with Crippen LogP contribution in [0.15, 0.2) is 28.7 Å². The van der Waals surface area contributed by atoms with Gasteiger partial charge in [0.1, 0.15) is 23.1 Å². The number of ether oxygens (including phenoxy) is 4. The Morgan fingerprint density at radius 3 is 2.42 bits per heavy atom. The lowest BCUT2D eigenvalue weighted by atomic mass is 9.96. The molecule has 1 heterocycles. The third-order valence-electron chi connectivity index (χ3n) is 4.99. The first-order chi connectivity index (χ1) is 14.9. The van der Waals surface area contributed by atoms with Gasteiger partial charge in [-0.3, -0.25) is 4.79 Å². The Labute approximate surface area is 181 Å². The standard InChI is InChI=1S/C23H28N2O6/c1-6-30-12-14-9-18(27-3)20(19(10-14)28-4)16-8-7-15(11-17(24)23(26)29-5)21-22(16)31-13(2)25-21/h7-10,17H,6,11-12,24H2,1-5H3/t17-/m0/s1. The van der Waals surface area contributed by atoms with Crippen molar-refractivity contribution in [3.8, 4) is 22.6 Å². The fraction of sp³-hybridized carbons (Fsp3) is 0.391. The largest absolute Gasteiger partial charge is 0.496 e. The number of nitrogens with zero attached hydrogens (tertiary/aromatic N) is 1. The molecule has 0 fully saturated rings. The van der Waals surface area contributed by atoms with E-state index >= 15 is 0 Å². The van der Waals surface area contributed by atoms with Gasteiger partial charge in [0.15, 0.2) is 11.5 Å². The lowest BCUT2D eigenvalue weighted by Crippen LogP contribution is -2.33. The monoisotopic (exact) mass is 428 g/mol. The molecule has 8 heteroatoms. The summed E-state index contributed by atoms with van der Waals surface area (Å²) in [6, 6.07) is 6.83. The van der Waals surface area contributed by atoms with Crippen LogP contribution in [0.25, 0.3) is 22.2 Å². The molecule has 2 aromatic carbocycles. The Kier molecular flexibility index (Phi) is 7.14. The van der Waals surface area contributed by atoms with E-state index < -0.39 is 12.0 Å². The van der Waals surface area contributed by atoms with E-state index in [1.54, 1.807) is 21.1 Å². The van der Waals surface area contributed by atoms with Crippen molar-refractivity contribution in [1.82, 2.24) is 4.98 Å². The average molecular weight is 428 g/mol. The average Bonchev–Trinajstić information content (AvgIpc) is 3.18. The summed E-state index contributed by atoms with van der Waals surface area (Å²) in [5.74, 6) is 1.28. The van der Waals surface area contributed by atoms with E-state index in [0.717, 1.165) is 22.3 Å². The van der Waals surface area contributed by atoms with Gasteiger partial charge in [0, 0.05) is 25.5 Å². The summed E-state index contributed by atoms with van der Waals surface area (Å²) in [5.41, 5.74) is 10.4. The van der Waals surface area contributed by atoms with Gasteiger partial charge in [0.05, 0.1) is 33.5 Å². The molecule has 0 aliphatic carbocycles. The number of hydrogen-bond acceptors (Lipinski definition) is 8.